The molecule has 0 fully saturated rings. The van der Waals surface area contributed by atoms with Gasteiger partial charge in [-0.3, -0.25) is 14.9 Å². The molecule has 0 atom stereocenters. The zero-order valence-electron chi connectivity index (χ0n) is 16.4. The molecule has 0 radical (unpaired) electrons. The molecule has 3 aromatic rings. The Labute approximate surface area is 198 Å². The fourth-order valence-electron chi connectivity index (χ4n) is 2.83. The molecule has 0 heterocycles. The number of nitro groups is 1. The number of benzene rings is 3. The molecule has 3 rings (SSSR count). The van der Waals surface area contributed by atoms with E-state index in [0.29, 0.717) is 10.6 Å². The summed E-state index contributed by atoms with van der Waals surface area (Å²) in [5.74, 6) is -0.639. The van der Waals surface area contributed by atoms with Crippen molar-refractivity contribution in [3.63, 3.8) is 0 Å². The third-order valence-corrected chi connectivity index (χ3v) is 6.97. The number of nitro benzene ring substituents is 1. The number of anilines is 1. The van der Waals surface area contributed by atoms with E-state index in [1.54, 1.807) is 24.3 Å². The first-order valence-electron chi connectivity index (χ1n) is 9.19. The van der Waals surface area contributed by atoms with Gasteiger partial charge in [-0.05, 0) is 48.0 Å². The van der Waals surface area contributed by atoms with Crippen LogP contribution in [-0.2, 0) is 21.4 Å². The molecule has 0 saturated heterocycles. The topological polar surface area (TPSA) is 110 Å². The summed E-state index contributed by atoms with van der Waals surface area (Å²) < 4.78 is 28.4. The maximum absolute atomic E-state index is 13.3. The van der Waals surface area contributed by atoms with E-state index < -0.39 is 27.4 Å². The molecule has 8 nitrogen and oxygen atoms in total. The molecule has 0 spiro atoms. The summed E-state index contributed by atoms with van der Waals surface area (Å²) in [6, 6.07) is 18.1. The van der Waals surface area contributed by atoms with Crippen LogP contribution < -0.4 is 5.32 Å². The molecule has 0 aliphatic carbocycles. The number of nitrogens with zero attached hydrogens (tertiary/aromatic N) is 2. The number of sulfonamides is 1. The maximum atomic E-state index is 13.3. The van der Waals surface area contributed by atoms with Crippen LogP contribution in [0.1, 0.15) is 5.56 Å². The molecule has 166 valence electrons. The van der Waals surface area contributed by atoms with E-state index >= 15 is 0 Å². The van der Waals surface area contributed by atoms with Crippen molar-refractivity contribution >= 4 is 54.8 Å². The van der Waals surface area contributed by atoms with E-state index in [0.717, 1.165) is 8.78 Å². The third-order valence-electron chi connectivity index (χ3n) is 4.38. The van der Waals surface area contributed by atoms with Crippen LogP contribution in [0.2, 0.25) is 5.02 Å². The summed E-state index contributed by atoms with van der Waals surface area (Å²) >= 11 is 9.20. The lowest BCUT2D eigenvalue weighted by molar-refractivity contribution is -0.384. The highest BCUT2D eigenvalue weighted by Gasteiger charge is 2.27. The molecular formula is C21H17BrClN3O5S. The Hall–Kier alpha value is -2.79. The van der Waals surface area contributed by atoms with Crippen LogP contribution in [0.25, 0.3) is 0 Å². The van der Waals surface area contributed by atoms with Crippen LogP contribution in [0.15, 0.2) is 82.2 Å². The minimum Gasteiger partial charge on any atom is -0.325 e. The van der Waals surface area contributed by atoms with Crippen molar-refractivity contribution in [2.45, 2.75) is 11.4 Å². The predicted molar refractivity (Wildman–Crippen MR) is 125 cm³/mol. The molecule has 0 saturated carbocycles. The van der Waals surface area contributed by atoms with Crippen molar-refractivity contribution in [3.8, 4) is 0 Å². The maximum Gasteiger partial charge on any atom is 0.271 e. The lowest BCUT2D eigenvalue weighted by Gasteiger charge is -2.22. The largest absolute Gasteiger partial charge is 0.325 e. The summed E-state index contributed by atoms with van der Waals surface area (Å²) in [5, 5.41) is 13.8. The van der Waals surface area contributed by atoms with Gasteiger partial charge in [0.1, 0.15) is 0 Å². The van der Waals surface area contributed by atoms with Gasteiger partial charge in [0.15, 0.2) is 0 Å². The van der Waals surface area contributed by atoms with Gasteiger partial charge >= 0.3 is 0 Å². The fraction of sp³-hybridized carbons (Fsp3) is 0.0952. The molecule has 11 heteroatoms. The van der Waals surface area contributed by atoms with Crippen molar-refractivity contribution in [3.05, 3.63) is 98.0 Å². The molecule has 1 amide bonds. The van der Waals surface area contributed by atoms with E-state index in [9.17, 15) is 23.3 Å². The highest BCUT2D eigenvalue weighted by atomic mass is 79.9. The standard InChI is InChI=1S/C21H17BrClN3O5S/c22-16-6-4-15(5-7-16)13-25(32(30,31)20-10-8-17(23)9-11-20)14-21(27)24-18-2-1-3-19(12-18)26(28)29/h1-12H,13-14H2,(H,24,27). The van der Waals surface area contributed by atoms with Gasteiger partial charge in [0.25, 0.3) is 5.69 Å². The Morgan fingerprint density at radius 1 is 1.06 bits per heavy atom. The van der Waals surface area contributed by atoms with E-state index in [1.807, 2.05) is 0 Å². The highest BCUT2D eigenvalue weighted by molar-refractivity contribution is 9.10. The van der Waals surface area contributed by atoms with Gasteiger partial charge in [0.2, 0.25) is 15.9 Å². The summed E-state index contributed by atoms with van der Waals surface area (Å²) in [6.07, 6.45) is 0. The molecule has 0 aliphatic heterocycles. The second kappa shape index (κ2) is 10.2. The first-order valence-corrected chi connectivity index (χ1v) is 11.8. The quantitative estimate of drug-likeness (QED) is 0.326. The van der Waals surface area contributed by atoms with Crippen LogP contribution >= 0.6 is 27.5 Å². The molecular weight excluding hydrogens is 522 g/mol. The van der Waals surface area contributed by atoms with E-state index in [4.69, 9.17) is 11.6 Å². The van der Waals surface area contributed by atoms with Crippen LogP contribution in [-0.4, -0.2) is 30.1 Å². The highest BCUT2D eigenvalue weighted by Crippen LogP contribution is 2.22. The Bertz CT molecular complexity index is 1240. The summed E-state index contributed by atoms with van der Waals surface area (Å²) in [4.78, 5) is 23.0. The smallest absolute Gasteiger partial charge is 0.271 e. The SMILES string of the molecule is O=C(CN(Cc1ccc(Br)cc1)S(=O)(=O)c1ccc(Cl)cc1)Nc1cccc([N+](=O)[O-])c1. The lowest BCUT2D eigenvalue weighted by atomic mass is 10.2. The number of rotatable bonds is 8. The second-order valence-corrected chi connectivity index (χ2v) is 10.00. The van der Waals surface area contributed by atoms with E-state index in [2.05, 4.69) is 21.2 Å². The van der Waals surface area contributed by atoms with Crippen molar-refractivity contribution < 1.29 is 18.1 Å². The Morgan fingerprint density at radius 3 is 2.34 bits per heavy atom. The normalized spacial score (nSPS) is 11.3. The zero-order valence-corrected chi connectivity index (χ0v) is 19.6. The number of carbonyl (C=O) groups excluding carboxylic acids is 1. The molecule has 0 aromatic heterocycles. The number of nitrogens with one attached hydrogen (secondary N) is 1. The fourth-order valence-corrected chi connectivity index (χ4v) is 4.61. The average Bonchev–Trinajstić information content (AvgIpc) is 2.75. The van der Waals surface area contributed by atoms with Crippen LogP contribution in [0.4, 0.5) is 11.4 Å². The molecule has 3 aromatic carbocycles. The average molecular weight is 539 g/mol. The van der Waals surface area contributed by atoms with Crippen LogP contribution in [0.3, 0.4) is 0 Å². The van der Waals surface area contributed by atoms with Crippen LogP contribution in [0, 0.1) is 10.1 Å². The minimum absolute atomic E-state index is 0.0119. The van der Waals surface area contributed by atoms with E-state index in [1.165, 1.54) is 48.5 Å². The van der Waals surface area contributed by atoms with Crippen molar-refractivity contribution in [1.82, 2.24) is 4.31 Å². The summed E-state index contributed by atoms with van der Waals surface area (Å²) in [7, 11) is -4.04. The van der Waals surface area contributed by atoms with Crippen LogP contribution in [0.5, 0.6) is 0 Å². The number of hydrogen-bond donors (Lipinski definition) is 1. The van der Waals surface area contributed by atoms with Crippen molar-refractivity contribution in [2.75, 3.05) is 11.9 Å². The van der Waals surface area contributed by atoms with Gasteiger partial charge in [0.05, 0.1) is 16.4 Å². The van der Waals surface area contributed by atoms with E-state index in [-0.39, 0.29) is 22.8 Å². The molecule has 0 bridgehead atoms. The van der Waals surface area contributed by atoms with Crippen molar-refractivity contribution in [1.29, 1.82) is 0 Å². The molecule has 0 unspecified atom stereocenters. The predicted octanol–water partition coefficient (Wildman–Crippen LogP) is 4.84. The zero-order chi connectivity index (χ0) is 23.3. The number of non-ortho nitro benzene ring substituents is 1. The minimum atomic E-state index is -4.04. The number of amides is 1. The van der Waals surface area contributed by atoms with Gasteiger partial charge in [-0.15, -0.1) is 0 Å². The summed E-state index contributed by atoms with van der Waals surface area (Å²) in [5.41, 5.74) is 0.675. The third kappa shape index (κ3) is 6.13. The number of halogens is 2. The number of carbonyl (C=O) groups is 1. The molecule has 1 N–H and O–H groups in total. The summed E-state index contributed by atoms with van der Waals surface area (Å²) in [6.45, 7) is -0.551. The van der Waals surface area contributed by atoms with Gasteiger partial charge in [0, 0.05) is 33.9 Å². The van der Waals surface area contributed by atoms with Gasteiger partial charge in [-0.25, -0.2) is 8.42 Å². The molecule has 0 aliphatic rings. The Kier molecular flexibility index (Phi) is 7.62. The lowest BCUT2D eigenvalue weighted by Crippen LogP contribution is -2.37. The Morgan fingerprint density at radius 2 is 1.72 bits per heavy atom. The van der Waals surface area contributed by atoms with Gasteiger partial charge in [-0.1, -0.05) is 45.7 Å². The van der Waals surface area contributed by atoms with Gasteiger partial charge in [-0.2, -0.15) is 4.31 Å². The van der Waals surface area contributed by atoms with Crippen molar-refractivity contribution in [2.24, 2.45) is 0 Å². The number of hydrogen-bond acceptors (Lipinski definition) is 5. The molecule has 32 heavy (non-hydrogen) atoms. The Balaban J connectivity index is 1.87. The first kappa shape index (κ1) is 23.9. The monoisotopic (exact) mass is 537 g/mol. The first-order chi connectivity index (χ1) is 15.1. The van der Waals surface area contributed by atoms with Gasteiger partial charge < -0.3 is 5.32 Å². The second-order valence-electron chi connectivity index (χ2n) is 6.71.